The van der Waals surface area contributed by atoms with Crippen LogP contribution in [-0.4, -0.2) is 12.6 Å². The molecule has 0 aliphatic heterocycles. The molecule has 1 aromatic carbocycles. The number of hydrogen-bond acceptors (Lipinski definition) is 2. The fourth-order valence-electron chi connectivity index (χ4n) is 2.87. The fourth-order valence-corrected chi connectivity index (χ4v) is 2.87. The van der Waals surface area contributed by atoms with E-state index >= 15 is 0 Å². The molecule has 1 aliphatic carbocycles. The Morgan fingerprint density at radius 3 is 2.32 bits per heavy atom. The van der Waals surface area contributed by atoms with Gasteiger partial charge in [-0.15, -0.1) is 0 Å². The maximum atomic E-state index is 9.32. The number of benzene rings is 1. The molecular formula is C17H24N2. The number of nitrogens with zero attached hydrogens (tertiary/aromatic N) is 1. The minimum atomic E-state index is -0.0216. The van der Waals surface area contributed by atoms with E-state index in [0.29, 0.717) is 6.04 Å². The lowest BCUT2D eigenvalue weighted by atomic mass is 9.95. The number of hydrogen-bond donors (Lipinski definition) is 1. The third kappa shape index (κ3) is 4.69. The van der Waals surface area contributed by atoms with Crippen LogP contribution >= 0.6 is 0 Å². The maximum absolute atomic E-state index is 9.32. The summed E-state index contributed by atoms with van der Waals surface area (Å²) in [6, 6.07) is 13.2. The second kappa shape index (κ2) is 7.96. The van der Waals surface area contributed by atoms with Crippen LogP contribution in [0.1, 0.15) is 56.4 Å². The Balaban J connectivity index is 1.84. The standard InChI is InChI=1S/C17H24N2/c18-13-16(15-9-5-4-6-10-15)14-19-17-11-7-2-1-3-8-12-17/h4-6,9-10,16-17,19H,1-3,7-8,11-12,14H2. The van der Waals surface area contributed by atoms with Crippen LogP contribution in [0.4, 0.5) is 0 Å². The molecule has 0 saturated heterocycles. The highest BCUT2D eigenvalue weighted by molar-refractivity contribution is 5.25. The van der Waals surface area contributed by atoms with Gasteiger partial charge < -0.3 is 5.32 Å². The molecule has 19 heavy (non-hydrogen) atoms. The molecule has 1 saturated carbocycles. The van der Waals surface area contributed by atoms with Crippen molar-refractivity contribution in [3.05, 3.63) is 35.9 Å². The molecule has 1 atom stereocenters. The predicted molar refractivity (Wildman–Crippen MR) is 78.9 cm³/mol. The Hall–Kier alpha value is -1.33. The van der Waals surface area contributed by atoms with Crippen molar-refractivity contribution in [2.45, 2.75) is 56.9 Å². The largest absolute Gasteiger partial charge is 0.312 e. The lowest BCUT2D eigenvalue weighted by Crippen LogP contribution is -2.33. The summed E-state index contributed by atoms with van der Waals surface area (Å²) in [5.74, 6) is -0.0216. The Bertz CT molecular complexity index is 385. The minimum Gasteiger partial charge on any atom is -0.312 e. The third-order valence-electron chi connectivity index (χ3n) is 4.07. The molecule has 0 aromatic heterocycles. The highest BCUT2D eigenvalue weighted by Crippen LogP contribution is 2.19. The summed E-state index contributed by atoms with van der Waals surface area (Å²) in [7, 11) is 0. The van der Waals surface area contributed by atoms with Crippen molar-refractivity contribution >= 4 is 0 Å². The van der Waals surface area contributed by atoms with E-state index in [1.807, 2.05) is 30.3 Å². The van der Waals surface area contributed by atoms with Crippen molar-refractivity contribution < 1.29 is 0 Å². The van der Waals surface area contributed by atoms with Crippen molar-refractivity contribution in [3.8, 4) is 6.07 Å². The second-order valence-corrected chi connectivity index (χ2v) is 5.54. The number of rotatable bonds is 4. The van der Waals surface area contributed by atoms with Crippen molar-refractivity contribution in [3.63, 3.8) is 0 Å². The summed E-state index contributed by atoms with van der Waals surface area (Å²) >= 11 is 0. The topological polar surface area (TPSA) is 35.8 Å². The predicted octanol–water partition coefficient (Wildman–Crippen LogP) is 4.00. The van der Waals surface area contributed by atoms with Crippen LogP contribution in [0.2, 0.25) is 0 Å². The van der Waals surface area contributed by atoms with Crippen LogP contribution in [0, 0.1) is 11.3 Å². The molecule has 1 N–H and O–H groups in total. The molecule has 1 aliphatic rings. The zero-order valence-corrected chi connectivity index (χ0v) is 11.6. The van der Waals surface area contributed by atoms with Gasteiger partial charge in [0.2, 0.25) is 0 Å². The quantitative estimate of drug-likeness (QED) is 0.884. The number of nitrogens with one attached hydrogen (secondary N) is 1. The maximum Gasteiger partial charge on any atom is 0.0837 e. The fraction of sp³-hybridized carbons (Fsp3) is 0.588. The molecule has 2 heteroatoms. The van der Waals surface area contributed by atoms with E-state index in [1.165, 1.54) is 44.9 Å². The normalized spacial score (nSPS) is 19.1. The first-order valence-corrected chi connectivity index (χ1v) is 7.58. The van der Waals surface area contributed by atoms with E-state index in [-0.39, 0.29) is 5.92 Å². The van der Waals surface area contributed by atoms with Crippen molar-refractivity contribution in [1.82, 2.24) is 5.32 Å². The van der Waals surface area contributed by atoms with Gasteiger partial charge in [0.05, 0.1) is 12.0 Å². The molecule has 2 rings (SSSR count). The molecule has 102 valence electrons. The summed E-state index contributed by atoms with van der Waals surface area (Å²) in [6.07, 6.45) is 9.36. The average Bonchev–Trinajstić information content (AvgIpc) is 2.42. The summed E-state index contributed by atoms with van der Waals surface area (Å²) in [5, 5.41) is 12.9. The zero-order chi connectivity index (χ0) is 13.3. The van der Waals surface area contributed by atoms with Gasteiger partial charge in [0.25, 0.3) is 0 Å². The van der Waals surface area contributed by atoms with Gasteiger partial charge in [-0.3, -0.25) is 0 Å². The molecule has 0 amide bonds. The van der Waals surface area contributed by atoms with E-state index in [0.717, 1.165) is 12.1 Å². The van der Waals surface area contributed by atoms with Crippen LogP contribution in [0.25, 0.3) is 0 Å². The highest BCUT2D eigenvalue weighted by Gasteiger charge is 2.14. The van der Waals surface area contributed by atoms with Crippen molar-refractivity contribution in [2.75, 3.05) is 6.54 Å². The molecule has 0 bridgehead atoms. The van der Waals surface area contributed by atoms with Crippen LogP contribution in [-0.2, 0) is 0 Å². The molecule has 1 fully saturated rings. The third-order valence-corrected chi connectivity index (χ3v) is 4.07. The van der Waals surface area contributed by atoms with Gasteiger partial charge >= 0.3 is 0 Å². The zero-order valence-electron chi connectivity index (χ0n) is 11.6. The molecule has 1 aromatic rings. The van der Waals surface area contributed by atoms with Gasteiger partial charge in [-0.25, -0.2) is 0 Å². The first-order valence-electron chi connectivity index (χ1n) is 7.58. The van der Waals surface area contributed by atoms with Crippen molar-refractivity contribution in [1.29, 1.82) is 5.26 Å². The molecule has 0 spiro atoms. The van der Waals surface area contributed by atoms with Gasteiger partial charge in [-0.05, 0) is 18.4 Å². The molecule has 0 heterocycles. The lowest BCUT2D eigenvalue weighted by molar-refractivity contribution is 0.388. The Kier molecular flexibility index (Phi) is 5.91. The van der Waals surface area contributed by atoms with E-state index in [9.17, 15) is 5.26 Å². The summed E-state index contributed by atoms with van der Waals surface area (Å²) in [6.45, 7) is 0.783. The highest BCUT2D eigenvalue weighted by atomic mass is 14.9. The van der Waals surface area contributed by atoms with Gasteiger partial charge in [0.1, 0.15) is 0 Å². The second-order valence-electron chi connectivity index (χ2n) is 5.54. The van der Waals surface area contributed by atoms with Crippen LogP contribution < -0.4 is 5.32 Å². The summed E-state index contributed by atoms with van der Waals surface area (Å²) in [4.78, 5) is 0. The van der Waals surface area contributed by atoms with E-state index in [1.54, 1.807) is 0 Å². The van der Waals surface area contributed by atoms with Crippen LogP contribution in [0.5, 0.6) is 0 Å². The molecule has 1 unspecified atom stereocenters. The van der Waals surface area contributed by atoms with Crippen LogP contribution in [0.15, 0.2) is 30.3 Å². The summed E-state index contributed by atoms with van der Waals surface area (Å²) in [5.41, 5.74) is 1.13. The Morgan fingerprint density at radius 1 is 1.05 bits per heavy atom. The average molecular weight is 256 g/mol. The minimum absolute atomic E-state index is 0.0216. The monoisotopic (exact) mass is 256 g/mol. The van der Waals surface area contributed by atoms with Gasteiger partial charge in [0.15, 0.2) is 0 Å². The Morgan fingerprint density at radius 2 is 1.68 bits per heavy atom. The first-order chi connectivity index (χ1) is 9.40. The van der Waals surface area contributed by atoms with E-state index in [2.05, 4.69) is 11.4 Å². The molecule has 2 nitrogen and oxygen atoms in total. The molecule has 0 radical (unpaired) electrons. The molecular weight excluding hydrogens is 232 g/mol. The van der Waals surface area contributed by atoms with Gasteiger partial charge in [-0.1, -0.05) is 62.4 Å². The van der Waals surface area contributed by atoms with Gasteiger partial charge in [-0.2, -0.15) is 5.26 Å². The van der Waals surface area contributed by atoms with E-state index in [4.69, 9.17) is 0 Å². The SMILES string of the molecule is N#CC(CNC1CCCCCCC1)c1ccccc1. The first kappa shape index (κ1) is 14.1. The smallest absolute Gasteiger partial charge is 0.0837 e. The van der Waals surface area contributed by atoms with E-state index < -0.39 is 0 Å². The van der Waals surface area contributed by atoms with Crippen molar-refractivity contribution in [2.24, 2.45) is 0 Å². The van der Waals surface area contributed by atoms with Gasteiger partial charge in [0, 0.05) is 12.6 Å². The van der Waals surface area contributed by atoms with Crippen LogP contribution in [0.3, 0.4) is 0 Å². The Labute approximate surface area is 116 Å². The summed E-state index contributed by atoms with van der Waals surface area (Å²) < 4.78 is 0. The lowest BCUT2D eigenvalue weighted by Gasteiger charge is -2.22. The number of nitriles is 1.